The van der Waals surface area contributed by atoms with E-state index in [1.165, 1.54) is 0 Å². The standard InChI is InChI=1S/C16H25FO/c1-6-7-12-13(10(2)3)8-14(11(4)5)15(9-18)16(12)17/h8,10-11,18H,6-7,9H2,1-5H3. The average molecular weight is 252 g/mol. The molecule has 2 heteroatoms. The van der Waals surface area contributed by atoms with E-state index in [9.17, 15) is 9.50 Å². The van der Waals surface area contributed by atoms with Gasteiger partial charge in [0.05, 0.1) is 6.61 Å². The van der Waals surface area contributed by atoms with Crippen LogP contribution in [0.25, 0.3) is 0 Å². The molecular formula is C16H25FO. The molecule has 1 N–H and O–H groups in total. The molecule has 0 aliphatic carbocycles. The Balaban J connectivity index is 3.51. The van der Waals surface area contributed by atoms with E-state index in [2.05, 4.69) is 26.8 Å². The molecular weight excluding hydrogens is 227 g/mol. The lowest BCUT2D eigenvalue weighted by Crippen LogP contribution is -2.09. The van der Waals surface area contributed by atoms with E-state index >= 15 is 0 Å². The highest BCUT2D eigenvalue weighted by atomic mass is 19.1. The van der Waals surface area contributed by atoms with Crippen LogP contribution in [0.5, 0.6) is 0 Å². The van der Waals surface area contributed by atoms with Gasteiger partial charge in [-0.15, -0.1) is 0 Å². The molecule has 102 valence electrons. The fourth-order valence-corrected chi connectivity index (χ4v) is 2.47. The highest BCUT2D eigenvalue weighted by molar-refractivity contribution is 5.43. The van der Waals surface area contributed by atoms with Crippen molar-refractivity contribution in [2.45, 2.75) is 65.9 Å². The first-order valence-corrected chi connectivity index (χ1v) is 6.88. The number of benzene rings is 1. The first-order valence-electron chi connectivity index (χ1n) is 6.88. The maximum Gasteiger partial charge on any atom is 0.132 e. The molecule has 0 saturated heterocycles. The summed E-state index contributed by atoms with van der Waals surface area (Å²) >= 11 is 0. The van der Waals surface area contributed by atoms with Gasteiger partial charge in [-0.1, -0.05) is 47.1 Å². The van der Waals surface area contributed by atoms with Crippen LogP contribution < -0.4 is 0 Å². The van der Waals surface area contributed by atoms with Crippen molar-refractivity contribution in [2.24, 2.45) is 0 Å². The van der Waals surface area contributed by atoms with E-state index in [1.807, 2.05) is 13.8 Å². The molecule has 0 unspecified atom stereocenters. The van der Waals surface area contributed by atoms with Crippen LogP contribution in [-0.4, -0.2) is 5.11 Å². The third-order valence-electron chi connectivity index (χ3n) is 3.44. The minimum absolute atomic E-state index is 0.186. The van der Waals surface area contributed by atoms with E-state index in [1.54, 1.807) is 0 Å². The molecule has 0 fully saturated rings. The zero-order valence-corrected chi connectivity index (χ0v) is 12.2. The molecule has 0 amide bonds. The van der Waals surface area contributed by atoms with Gasteiger partial charge in [-0.25, -0.2) is 4.39 Å². The molecule has 0 saturated carbocycles. The first-order chi connectivity index (χ1) is 8.43. The predicted molar refractivity (Wildman–Crippen MR) is 74.5 cm³/mol. The van der Waals surface area contributed by atoms with Gasteiger partial charge in [0.1, 0.15) is 5.82 Å². The predicted octanol–water partition coefficient (Wildman–Crippen LogP) is 4.52. The van der Waals surface area contributed by atoms with Gasteiger partial charge >= 0.3 is 0 Å². The monoisotopic (exact) mass is 252 g/mol. The van der Waals surface area contributed by atoms with Crippen LogP contribution in [0.1, 0.15) is 75.1 Å². The summed E-state index contributed by atoms with van der Waals surface area (Å²) in [4.78, 5) is 0. The van der Waals surface area contributed by atoms with E-state index < -0.39 is 0 Å². The quantitative estimate of drug-likeness (QED) is 0.817. The Labute approximate surface area is 110 Å². The highest BCUT2D eigenvalue weighted by Gasteiger charge is 2.20. The summed E-state index contributed by atoms with van der Waals surface area (Å²) in [6.07, 6.45) is 1.66. The van der Waals surface area contributed by atoms with E-state index in [0.29, 0.717) is 11.5 Å². The zero-order chi connectivity index (χ0) is 13.9. The molecule has 1 aromatic carbocycles. The van der Waals surface area contributed by atoms with Gasteiger partial charge in [0, 0.05) is 5.56 Å². The van der Waals surface area contributed by atoms with E-state index in [-0.39, 0.29) is 18.3 Å². The molecule has 1 rings (SSSR count). The minimum atomic E-state index is -0.214. The summed E-state index contributed by atoms with van der Waals surface area (Å²) in [6, 6.07) is 2.09. The maximum absolute atomic E-state index is 14.5. The summed E-state index contributed by atoms with van der Waals surface area (Å²) < 4.78 is 14.5. The lowest BCUT2D eigenvalue weighted by molar-refractivity contribution is 0.273. The van der Waals surface area contributed by atoms with Crippen molar-refractivity contribution in [3.63, 3.8) is 0 Å². The Kier molecular flexibility index (Phi) is 5.33. The van der Waals surface area contributed by atoms with Crippen molar-refractivity contribution in [1.29, 1.82) is 0 Å². The van der Waals surface area contributed by atoms with Crippen molar-refractivity contribution in [3.8, 4) is 0 Å². The van der Waals surface area contributed by atoms with Crippen LogP contribution in [0.15, 0.2) is 6.07 Å². The first kappa shape index (κ1) is 15.2. The van der Waals surface area contributed by atoms with Crippen molar-refractivity contribution in [3.05, 3.63) is 34.1 Å². The molecule has 0 heterocycles. The number of rotatable bonds is 5. The zero-order valence-electron chi connectivity index (χ0n) is 12.2. The Hall–Kier alpha value is -0.890. The normalized spacial score (nSPS) is 11.6. The summed E-state index contributed by atoms with van der Waals surface area (Å²) in [5.41, 5.74) is 3.31. The molecule has 0 atom stereocenters. The van der Waals surface area contributed by atoms with Gasteiger partial charge in [0.25, 0.3) is 0 Å². The summed E-state index contributed by atoms with van der Waals surface area (Å²) in [5, 5.41) is 9.43. The molecule has 0 radical (unpaired) electrons. The van der Waals surface area contributed by atoms with Crippen LogP contribution in [0.4, 0.5) is 4.39 Å². The maximum atomic E-state index is 14.5. The van der Waals surface area contributed by atoms with Gasteiger partial charge in [0.15, 0.2) is 0 Å². The Morgan fingerprint density at radius 2 is 1.56 bits per heavy atom. The topological polar surface area (TPSA) is 20.2 Å². The molecule has 0 bridgehead atoms. The van der Waals surface area contributed by atoms with Crippen molar-refractivity contribution in [2.75, 3.05) is 0 Å². The van der Waals surface area contributed by atoms with E-state index in [0.717, 1.165) is 29.5 Å². The van der Waals surface area contributed by atoms with Crippen LogP contribution in [0.2, 0.25) is 0 Å². The third kappa shape index (κ3) is 2.92. The molecule has 1 nitrogen and oxygen atoms in total. The fourth-order valence-electron chi connectivity index (χ4n) is 2.47. The smallest absolute Gasteiger partial charge is 0.132 e. The largest absolute Gasteiger partial charge is 0.392 e. The summed E-state index contributed by atoms with van der Waals surface area (Å²) in [5.74, 6) is 0.357. The Bertz CT molecular complexity index is 408. The average Bonchev–Trinajstić information content (AvgIpc) is 2.30. The van der Waals surface area contributed by atoms with Crippen molar-refractivity contribution in [1.82, 2.24) is 0 Å². The van der Waals surface area contributed by atoms with Crippen LogP contribution in [0, 0.1) is 5.82 Å². The minimum Gasteiger partial charge on any atom is -0.392 e. The number of aliphatic hydroxyl groups is 1. The number of halogens is 1. The summed E-state index contributed by atoms with van der Waals surface area (Å²) in [6.45, 7) is 10.1. The van der Waals surface area contributed by atoms with E-state index in [4.69, 9.17) is 0 Å². The fraction of sp³-hybridized carbons (Fsp3) is 0.625. The number of aliphatic hydroxyl groups excluding tert-OH is 1. The van der Waals surface area contributed by atoms with Crippen molar-refractivity contribution >= 4 is 0 Å². The molecule has 0 aliphatic rings. The van der Waals surface area contributed by atoms with Crippen LogP contribution >= 0.6 is 0 Å². The molecule has 18 heavy (non-hydrogen) atoms. The second-order valence-corrected chi connectivity index (χ2v) is 5.54. The van der Waals surface area contributed by atoms with Gasteiger partial charge in [0.2, 0.25) is 0 Å². The molecule has 0 spiro atoms. The Morgan fingerprint density at radius 3 is 1.94 bits per heavy atom. The van der Waals surface area contributed by atoms with Crippen LogP contribution in [0.3, 0.4) is 0 Å². The molecule has 0 aliphatic heterocycles. The third-order valence-corrected chi connectivity index (χ3v) is 3.44. The van der Waals surface area contributed by atoms with Crippen LogP contribution in [-0.2, 0) is 13.0 Å². The highest BCUT2D eigenvalue weighted by Crippen LogP contribution is 2.32. The lowest BCUT2D eigenvalue weighted by Gasteiger charge is -2.21. The van der Waals surface area contributed by atoms with Crippen molar-refractivity contribution < 1.29 is 9.50 Å². The lowest BCUT2D eigenvalue weighted by atomic mass is 9.86. The van der Waals surface area contributed by atoms with Gasteiger partial charge in [-0.2, -0.15) is 0 Å². The second-order valence-electron chi connectivity index (χ2n) is 5.54. The number of hydrogen-bond donors (Lipinski definition) is 1. The SMILES string of the molecule is CCCc1c(C(C)C)cc(C(C)C)c(CO)c1F. The second kappa shape index (κ2) is 6.33. The summed E-state index contributed by atoms with van der Waals surface area (Å²) in [7, 11) is 0. The molecule has 0 aromatic heterocycles. The van der Waals surface area contributed by atoms with Gasteiger partial charge < -0.3 is 5.11 Å². The van der Waals surface area contributed by atoms with Gasteiger partial charge in [-0.05, 0) is 34.9 Å². The molecule has 1 aromatic rings. The Morgan fingerprint density at radius 1 is 1.06 bits per heavy atom. The van der Waals surface area contributed by atoms with Gasteiger partial charge in [-0.3, -0.25) is 0 Å². The number of hydrogen-bond acceptors (Lipinski definition) is 1.